The van der Waals surface area contributed by atoms with Gasteiger partial charge in [0.2, 0.25) is 0 Å². The van der Waals surface area contributed by atoms with Crippen LogP contribution in [0.1, 0.15) is 24.2 Å². The van der Waals surface area contributed by atoms with Crippen molar-refractivity contribution < 1.29 is 4.79 Å². The average Bonchev–Trinajstić information content (AvgIpc) is 2.07. The highest BCUT2D eigenvalue weighted by Crippen LogP contribution is 1.99. The largest absolute Gasteiger partial charge is 0.365 e. The highest BCUT2D eigenvalue weighted by atomic mass is 16.2. The normalized spacial score (nSPS) is 10.5. The number of carbonyl (C=O) groups excluding carboxylic acids is 1. The number of pyridine rings is 1. The van der Waals surface area contributed by atoms with Gasteiger partial charge < -0.3 is 10.3 Å². The maximum Gasteiger partial charge on any atom is 0.254 e. The van der Waals surface area contributed by atoms with Crippen molar-refractivity contribution in [3.63, 3.8) is 0 Å². The first kappa shape index (κ1) is 10.5. The van der Waals surface area contributed by atoms with Gasteiger partial charge in [-0.05, 0) is 5.92 Å². The molecule has 1 rings (SSSR count). The Balaban J connectivity index is 3.07. The van der Waals surface area contributed by atoms with Crippen LogP contribution in [-0.4, -0.2) is 10.5 Å². The Bertz CT molecular complexity index is 393. The fraction of sp³-hybridized carbons (Fsp3) is 0.400. The van der Waals surface area contributed by atoms with E-state index in [0.29, 0.717) is 5.92 Å². The van der Waals surface area contributed by atoms with Crippen molar-refractivity contribution in [3.05, 3.63) is 34.2 Å². The van der Waals surface area contributed by atoms with Crippen LogP contribution in [0.5, 0.6) is 0 Å². The van der Waals surface area contributed by atoms with E-state index in [1.165, 1.54) is 12.3 Å². The van der Waals surface area contributed by atoms with Gasteiger partial charge >= 0.3 is 0 Å². The molecule has 0 unspecified atom stereocenters. The Morgan fingerprint density at radius 3 is 2.71 bits per heavy atom. The zero-order valence-electron chi connectivity index (χ0n) is 8.36. The van der Waals surface area contributed by atoms with Crippen LogP contribution < -0.4 is 11.2 Å². The fourth-order valence-electron chi connectivity index (χ4n) is 1.25. The average molecular weight is 194 g/mol. The third-order valence-corrected chi connectivity index (χ3v) is 1.82. The lowest BCUT2D eigenvalue weighted by molar-refractivity contribution is 0.0998. The molecule has 0 bridgehead atoms. The molecule has 1 aromatic heterocycles. The number of primary amides is 1. The first-order valence-electron chi connectivity index (χ1n) is 4.50. The highest BCUT2D eigenvalue weighted by molar-refractivity contribution is 5.92. The van der Waals surface area contributed by atoms with Gasteiger partial charge in [-0.25, -0.2) is 0 Å². The molecule has 0 aliphatic heterocycles. The summed E-state index contributed by atoms with van der Waals surface area (Å²) in [7, 11) is 0. The third kappa shape index (κ3) is 2.45. The Morgan fingerprint density at radius 1 is 1.57 bits per heavy atom. The summed E-state index contributed by atoms with van der Waals surface area (Å²) in [4.78, 5) is 22.1. The number of hydrogen-bond acceptors (Lipinski definition) is 2. The van der Waals surface area contributed by atoms with Crippen molar-refractivity contribution in [2.24, 2.45) is 11.7 Å². The molecule has 0 saturated heterocycles. The molecule has 0 spiro atoms. The Morgan fingerprint density at radius 2 is 2.21 bits per heavy atom. The van der Waals surface area contributed by atoms with Gasteiger partial charge in [0.05, 0.1) is 0 Å². The summed E-state index contributed by atoms with van der Waals surface area (Å²) in [5.74, 6) is -0.216. The SMILES string of the molecule is CC(C)Cn1ccc(=O)c(C(N)=O)c1. The minimum absolute atomic E-state index is 0.0492. The van der Waals surface area contributed by atoms with Crippen LogP contribution in [0.15, 0.2) is 23.3 Å². The molecule has 0 atom stereocenters. The van der Waals surface area contributed by atoms with E-state index < -0.39 is 5.91 Å². The van der Waals surface area contributed by atoms with Gasteiger partial charge in [-0.2, -0.15) is 0 Å². The summed E-state index contributed by atoms with van der Waals surface area (Å²) in [5, 5.41) is 0. The molecular formula is C10H14N2O2. The summed E-state index contributed by atoms with van der Waals surface area (Å²) in [6.07, 6.45) is 3.17. The van der Waals surface area contributed by atoms with Crippen molar-refractivity contribution in [1.82, 2.24) is 4.57 Å². The van der Waals surface area contributed by atoms with E-state index in [0.717, 1.165) is 6.54 Å². The van der Waals surface area contributed by atoms with E-state index in [1.807, 2.05) is 0 Å². The predicted molar refractivity (Wildman–Crippen MR) is 54.1 cm³/mol. The first-order valence-corrected chi connectivity index (χ1v) is 4.50. The molecule has 1 heterocycles. The summed E-state index contributed by atoms with van der Waals surface area (Å²) in [6.45, 7) is 4.88. The molecule has 0 radical (unpaired) electrons. The molecule has 1 amide bonds. The van der Waals surface area contributed by atoms with E-state index >= 15 is 0 Å². The molecule has 0 aliphatic rings. The van der Waals surface area contributed by atoms with Crippen LogP contribution >= 0.6 is 0 Å². The molecule has 0 aliphatic carbocycles. The Kier molecular flexibility index (Phi) is 3.06. The van der Waals surface area contributed by atoms with Gasteiger partial charge in [-0.3, -0.25) is 9.59 Å². The molecule has 1 aromatic rings. The van der Waals surface area contributed by atoms with Crippen molar-refractivity contribution in [3.8, 4) is 0 Å². The van der Waals surface area contributed by atoms with Crippen molar-refractivity contribution >= 4 is 5.91 Å². The minimum atomic E-state index is -0.673. The third-order valence-electron chi connectivity index (χ3n) is 1.82. The number of nitrogens with two attached hydrogens (primary N) is 1. The molecular weight excluding hydrogens is 180 g/mol. The van der Waals surface area contributed by atoms with Crippen molar-refractivity contribution in [2.45, 2.75) is 20.4 Å². The topological polar surface area (TPSA) is 65.1 Å². The number of nitrogens with zero attached hydrogens (tertiary/aromatic N) is 1. The van der Waals surface area contributed by atoms with E-state index in [-0.39, 0.29) is 11.0 Å². The molecule has 14 heavy (non-hydrogen) atoms. The molecule has 0 saturated carbocycles. The van der Waals surface area contributed by atoms with Crippen LogP contribution in [0.3, 0.4) is 0 Å². The van der Waals surface area contributed by atoms with Crippen LogP contribution in [0.2, 0.25) is 0 Å². The van der Waals surface area contributed by atoms with E-state index in [1.54, 1.807) is 10.8 Å². The summed E-state index contributed by atoms with van der Waals surface area (Å²) < 4.78 is 1.80. The van der Waals surface area contributed by atoms with Gasteiger partial charge in [0.1, 0.15) is 5.56 Å². The summed E-state index contributed by atoms with van der Waals surface area (Å²) >= 11 is 0. The standard InChI is InChI=1S/C10H14N2O2/c1-7(2)5-12-4-3-9(13)8(6-12)10(11)14/h3-4,6-7H,5H2,1-2H3,(H2,11,14). The maximum absolute atomic E-state index is 11.2. The molecule has 0 aromatic carbocycles. The van der Waals surface area contributed by atoms with Crippen molar-refractivity contribution in [2.75, 3.05) is 0 Å². The second-order valence-corrected chi connectivity index (χ2v) is 3.68. The second-order valence-electron chi connectivity index (χ2n) is 3.68. The quantitative estimate of drug-likeness (QED) is 0.765. The second kappa shape index (κ2) is 4.09. The maximum atomic E-state index is 11.2. The van der Waals surface area contributed by atoms with Crippen LogP contribution in [-0.2, 0) is 6.54 Å². The van der Waals surface area contributed by atoms with E-state index in [9.17, 15) is 9.59 Å². The highest BCUT2D eigenvalue weighted by Gasteiger charge is 2.06. The zero-order chi connectivity index (χ0) is 10.7. The molecule has 0 fully saturated rings. The van der Waals surface area contributed by atoms with Gasteiger partial charge in [0.25, 0.3) is 5.91 Å². The van der Waals surface area contributed by atoms with Gasteiger partial charge in [-0.1, -0.05) is 13.8 Å². The molecule has 4 heteroatoms. The fourth-order valence-corrected chi connectivity index (χ4v) is 1.25. The molecule has 76 valence electrons. The lowest BCUT2D eigenvalue weighted by Gasteiger charge is -2.09. The van der Waals surface area contributed by atoms with Crippen LogP contribution in [0, 0.1) is 5.92 Å². The Hall–Kier alpha value is -1.58. The zero-order valence-corrected chi connectivity index (χ0v) is 8.36. The number of aromatic nitrogens is 1. The van der Waals surface area contributed by atoms with Gasteiger partial charge in [0.15, 0.2) is 5.43 Å². The number of rotatable bonds is 3. The number of hydrogen-bond donors (Lipinski definition) is 1. The smallest absolute Gasteiger partial charge is 0.254 e. The van der Waals surface area contributed by atoms with Gasteiger partial charge in [0, 0.05) is 25.0 Å². The minimum Gasteiger partial charge on any atom is -0.365 e. The number of carbonyl (C=O) groups is 1. The molecule has 2 N–H and O–H groups in total. The number of amides is 1. The molecule has 4 nitrogen and oxygen atoms in total. The summed E-state index contributed by atoms with van der Waals surface area (Å²) in [5.41, 5.74) is 4.79. The van der Waals surface area contributed by atoms with E-state index in [2.05, 4.69) is 13.8 Å². The predicted octanol–water partition coefficient (Wildman–Crippen LogP) is 0.603. The summed E-state index contributed by atoms with van der Waals surface area (Å²) in [6, 6.07) is 1.36. The monoisotopic (exact) mass is 194 g/mol. The lowest BCUT2D eigenvalue weighted by Crippen LogP contribution is -2.23. The van der Waals surface area contributed by atoms with Gasteiger partial charge in [-0.15, -0.1) is 0 Å². The Labute approximate surface area is 82.3 Å². The van der Waals surface area contributed by atoms with Crippen LogP contribution in [0.4, 0.5) is 0 Å². The van der Waals surface area contributed by atoms with Crippen molar-refractivity contribution in [1.29, 1.82) is 0 Å². The van der Waals surface area contributed by atoms with Crippen LogP contribution in [0.25, 0.3) is 0 Å². The lowest BCUT2D eigenvalue weighted by atomic mass is 10.2. The van der Waals surface area contributed by atoms with E-state index in [4.69, 9.17) is 5.73 Å². The first-order chi connectivity index (χ1) is 6.50.